The molecule has 17 heavy (non-hydrogen) atoms. The highest BCUT2D eigenvalue weighted by Crippen LogP contribution is 2.32. The van der Waals surface area contributed by atoms with Gasteiger partial charge >= 0.3 is 0 Å². The summed E-state index contributed by atoms with van der Waals surface area (Å²) >= 11 is 3.39. The van der Waals surface area contributed by atoms with Gasteiger partial charge in [-0.15, -0.1) is 10.2 Å². The normalized spacial score (nSPS) is 16.5. The second-order valence-electron chi connectivity index (χ2n) is 4.35. The molecule has 5 heteroatoms. The summed E-state index contributed by atoms with van der Waals surface area (Å²) in [4.78, 5) is 4.44. The molecule has 1 aliphatic carbocycles. The van der Waals surface area contributed by atoms with Gasteiger partial charge in [0.1, 0.15) is 16.6 Å². The van der Waals surface area contributed by atoms with Crippen molar-refractivity contribution < 1.29 is 0 Å². The highest BCUT2D eigenvalue weighted by Gasteiger charge is 2.21. The fourth-order valence-corrected chi connectivity index (χ4v) is 2.75. The van der Waals surface area contributed by atoms with Crippen molar-refractivity contribution in [3.63, 3.8) is 0 Å². The Morgan fingerprint density at radius 2 is 2.06 bits per heavy atom. The molecule has 0 aromatic carbocycles. The summed E-state index contributed by atoms with van der Waals surface area (Å²) in [5.74, 6) is 0.873. The van der Waals surface area contributed by atoms with E-state index >= 15 is 0 Å². The Morgan fingerprint density at radius 1 is 1.24 bits per heavy atom. The third-order valence-corrected chi connectivity index (χ3v) is 3.68. The van der Waals surface area contributed by atoms with E-state index in [0.717, 1.165) is 16.1 Å². The number of rotatable bonds is 2. The van der Waals surface area contributed by atoms with Gasteiger partial charge in [0.25, 0.3) is 0 Å². The maximum Gasteiger partial charge on any atom is 0.182 e. The fourth-order valence-electron chi connectivity index (χ4n) is 2.41. The van der Waals surface area contributed by atoms with Crippen LogP contribution in [0.25, 0.3) is 11.5 Å². The highest BCUT2D eigenvalue weighted by atomic mass is 79.9. The van der Waals surface area contributed by atoms with E-state index in [1.54, 1.807) is 0 Å². The highest BCUT2D eigenvalue weighted by molar-refractivity contribution is 9.10. The van der Waals surface area contributed by atoms with E-state index in [1.165, 1.54) is 25.7 Å². The molecule has 0 radical (unpaired) electrons. The van der Waals surface area contributed by atoms with Crippen LogP contribution in [0.1, 0.15) is 31.7 Å². The van der Waals surface area contributed by atoms with Gasteiger partial charge in [-0.1, -0.05) is 18.9 Å². The van der Waals surface area contributed by atoms with Gasteiger partial charge in [-0.05, 0) is 40.9 Å². The monoisotopic (exact) mass is 292 g/mol. The summed E-state index contributed by atoms with van der Waals surface area (Å²) in [6, 6.07) is 6.40. The van der Waals surface area contributed by atoms with Crippen molar-refractivity contribution in [1.82, 2.24) is 19.7 Å². The lowest BCUT2D eigenvalue weighted by Crippen LogP contribution is -2.06. The minimum absolute atomic E-state index is 0.542. The lowest BCUT2D eigenvalue weighted by Gasteiger charge is -2.13. The molecule has 1 aliphatic rings. The van der Waals surface area contributed by atoms with Crippen LogP contribution < -0.4 is 0 Å². The predicted molar refractivity (Wildman–Crippen MR) is 68.5 cm³/mol. The summed E-state index contributed by atoms with van der Waals surface area (Å²) in [6.45, 7) is 0. The number of hydrogen-bond donors (Lipinski definition) is 0. The standard InChI is InChI=1S/C12H13BrN4/c13-11-7-3-6-10(15-11)12-16-14-8-17(12)9-4-1-2-5-9/h3,6-9H,1-2,4-5H2. The van der Waals surface area contributed by atoms with Crippen LogP contribution in [0.3, 0.4) is 0 Å². The minimum atomic E-state index is 0.542. The molecule has 0 amide bonds. The van der Waals surface area contributed by atoms with Crippen LogP contribution in [0.15, 0.2) is 29.1 Å². The van der Waals surface area contributed by atoms with E-state index in [2.05, 4.69) is 35.7 Å². The molecule has 2 heterocycles. The van der Waals surface area contributed by atoms with Crippen LogP contribution >= 0.6 is 15.9 Å². The first-order chi connectivity index (χ1) is 8.34. The zero-order chi connectivity index (χ0) is 11.7. The third kappa shape index (κ3) is 2.11. The SMILES string of the molecule is Brc1cccc(-c2nncn2C2CCCC2)n1. The van der Waals surface area contributed by atoms with Gasteiger partial charge in [0.2, 0.25) is 0 Å². The van der Waals surface area contributed by atoms with Crippen LogP contribution in [-0.4, -0.2) is 19.7 Å². The van der Waals surface area contributed by atoms with E-state index in [-0.39, 0.29) is 0 Å². The largest absolute Gasteiger partial charge is 0.309 e. The van der Waals surface area contributed by atoms with Crippen LogP contribution in [0, 0.1) is 0 Å². The molecule has 0 bridgehead atoms. The average molecular weight is 293 g/mol. The fraction of sp³-hybridized carbons (Fsp3) is 0.417. The summed E-state index contributed by atoms with van der Waals surface area (Å²) in [6.07, 6.45) is 6.87. The number of hydrogen-bond acceptors (Lipinski definition) is 3. The Hall–Kier alpha value is -1.23. The first-order valence-corrected chi connectivity index (χ1v) is 6.66. The number of pyridine rings is 1. The van der Waals surface area contributed by atoms with Crippen molar-refractivity contribution >= 4 is 15.9 Å². The Labute approximate surface area is 108 Å². The molecular formula is C12H13BrN4. The zero-order valence-corrected chi connectivity index (χ0v) is 11.0. The summed E-state index contributed by atoms with van der Waals surface area (Å²) in [7, 11) is 0. The lowest BCUT2D eigenvalue weighted by atomic mass is 10.2. The van der Waals surface area contributed by atoms with Crippen LogP contribution in [0.4, 0.5) is 0 Å². The molecule has 0 unspecified atom stereocenters. The zero-order valence-electron chi connectivity index (χ0n) is 9.38. The Balaban J connectivity index is 2.00. The van der Waals surface area contributed by atoms with Crippen molar-refractivity contribution in [2.45, 2.75) is 31.7 Å². The average Bonchev–Trinajstić information content (AvgIpc) is 3.00. The topological polar surface area (TPSA) is 43.6 Å². The number of aromatic nitrogens is 4. The van der Waals surface area contributed by atoms with Gasteiger partial charge in [0.05, 0.1) is 0 Å². The molecule has 0 spiro atoms. The van der Waals surface area contributed by atoms with Gasteiger partial charge in [-0.2, -0.15) is 0 Å². The van der Waals surface area contributed by atoms with Crippen molar-refractivity contribution in [2.24, 2.45) is 0 Å². The van der Waals surface area contributed by atoms with Crippen LogP contribution in [0.2, 0.25) is 0 Å². The minimum Gasteiger partial charge on any atom is -0.309 e. The molecule has 4 nitrogen and oxygen atoms in total. The van der Waals surface area contributed by atoms with Crippen molar-refractivity contribution in [3.8, 4) is 11.5 Å². The van der Waals surface area contributed by atoms with E-state index in [9.17, 15) is 0 Å². The van der Waals surface area contributed by atoms with E-state index in [1.807, 2.05) is 24.5 Å². The Bertz CT molecular complexity index is 517. The molecule has 2 aromatic heterocycles. The summed E-state index contributed by atoms with van der Waals surface area (Å²) in [5, 5.41) is 8.23. The Kier molecular flexibility index (Phi) is 2.93. The number of nitrogens with zero attached hydrogens (tertiary/aromatic N) is 4. The summed E-state index contributed by atoms with van der Waals surface area (Å²) < 4.78 is 3.00. The molecule has 0 N–H and O–H groups in total. The van der Waals surface area contributed by atoms with Crippen molar-refractivity contribution in [1.29, 1.82) is 0 Å². The number of halogens is 1. The van der Waals surface area contributed by atoms with Crippen LogP contribution in [0.5, 0.6) is 0 Å². The van der Waals surface area contributed by atoms with E-state index < -0.39 is 0 Å². The maximum absolute atomic E-state index is 4.44. The second kappa shape index (κ2) is 4.56. The van der Waals surface area contributed by atoms with Crippen LogP contribution in [-0.2, 0) is 0 Å². The summed E-state index contributed by atoms with van der Waals surface area (Å²) in [5.41, 5.74) is 0.878. The molecule has 1 saturated carbocycles. The molecule has 0 aliphatic heterocycles. The maximum atomic E-state index is 4.44. The molecule has 1 fully saturated rings. The quantitative estimate of drug-likeness (QED) is 0.798. The second-order valence-corrected chi connectivity index (χ2v) is 5.16. The molecular weight excluding hydrogens is 280 g/mol. The van der Waals surface area contributed by atoms with Gasteiger partial charge in [-0.25, -0.2) is 4.98 Å². The Morgan fingerprint density at radius 3 is 2.82 bits per heavy atom. The predicted octanol–water partition coefficient (Wildman–Crippen LogP) is 3.22. The first-order valence-electron chi connectivity index (χ1n) is 5.87. The van der Waals surface area contributed by atoms with E-state index in [4.69, 9.17) is 0 Å². The molecule has 3 rings (SSSR count). The van der Waals surface area contributed by atoms with Crippen molar-refractivity contribution in [2.75, 3.05) is 0 Å². The van der Waals surface area contributed by atoms with Crippen molar-refractivity contribution in [3.05, 3.63) is 29.1 Å². The molecule has 88 valence electrons. The first kappa shape index (κ1) is 10.9. The van der Waals surface area contributed by atoms with Gasteiger partial charge in [0, 0.05) is 6.04 Å². The molecule has 0 atom stereocenters. The van der Waals surface area contributed by atoms with Gasteiger partial charge in [0.15, 0.2) is 5.82 Å². The third-order valence-electron chi connectivity index (χ3n) is 3.24. The lowest BCUT2D eigenvalue weighted by molar-refractivity contribution is 0.521. The van der Waals surface area contributed by atoms with Gasteiger partial charge in [-0.3, -0.25) is 0 Å². The van der Waals surface area contributed by atoms with Gasteiger partial charge < -0.3 is 4.57 Å². The molecule has 0 saturated heterocycles. The van der Waals surface area contributed by atoms with E-state index in [0.29, 0.717) is 6.04 Å². The smallest absolute Gasteiger partial charge is 0.182 e. The molecule has 2 aromatic rings.